The van der Waals surface area contributed by atoms with Crippen LogP contribution in [0.15, 0.2) is 28.7 Å². The molecule has 18 heavy (non-hydrogen) atoms. The fourth-order valence-corrected chi connectivity index (χ4v) is 2.01. The minimum Gasteiger partial charge on any atom is -0.461 e. The van der Waals surface area contributed by atoms with Crippen molar-refractivity contribution < 1.29 is 9.21 Å². The van der Waals surface area contributed by atoms with Crippen LogP contribution in [0.3, 0.4) is 0 Å². The normalized spacial score (nSPS) is 12.6. The second-order valence-corrected chi connectivity index (χ2v) is 4.35. The van der Waals surface area contributed by atoms with Crippen LogP contribution in [0.5, 0.6) is 0 Å². The molecule has 1 atom stereocenters. The lowest BCUT2D eigenvalue weighted by Gasteiger charge is -2.11. The van der Waals surface area contributed by atoms with Crippen molar-refractivity contribution in [3.8, 4) is 0 Å². The molecule has 0 aliphatic rings. The molecule has 0 aliphatic carbocycles. The molecule has 2 aromatic rings. The maximum absolute atomic E-state index is 11.4. The van der Waals surface area contributed by atoms with Crippen LogP contribution < -0.4 is 10.6 Å². The number of carbonyl (C=O) groups is 1. The zero-order valence-electron chi connectivity index (χ0n) is 10.9. The van der Waals surface area contributed by atoms with E-state index >= 15 is 0 Å². The third-order valence-corrected chi connectivity index (χ3v) is 3.12. The molecule has 1 amide bonds. The van der Waals surface area contributed by atoms with E-state index in [0.29, 0.717) is 6.54 Å². The number of furan rings is 1. The third-order valence-electron chi connectivity index (χ3n) is 3.12. The van der Waals surface area contributed by atoms with Crippen molar-refractivity contribution in [1.82, 2.24) is 10.6 Å². The van der Waals surface area contributed by atoms with Crippen LogP contribution in [0.2, 0.25) is 0 Å². The van der Waals surface area contributed by atoms with Gasteiger partial charge in [0.15, 0.2) is 0 Å². The molecule has 0 radical (unpaired) electrons. The van der Waals surface area contributed by atoms with Gasteiger partial charge in [0.2, 0.25) is 5.91 Å². The second-order valence-electron chi connectivity index (χ2n) is 4.35. The van der Waals surface area contributed by atoms with Crippen molar-refractivity contribution in [2.24, 2.45) is 0 Å². The van der Waals surface area contributed by atoms with Crippen molar-refractivity contribution in [3.05, 3.63) is 35.6 Å². The molecule has 2 N–H and O–H groups in total. The summed E-state index contributed by atoms with van der Waals surface area (Å²) in [5, 5.41) is 6.92. The van der Waals surface area contributed by atoms with Gasteiger partial charge < -0.3 is 15.1 Å². The summed E-state index contributed by atoms with van der Waals surface area (Å²) < 4.78 is 5.68. The monoisotopic (exact) mass is 246 g/mol. The Kier molecular flexibility index (Phi) is 3.67. The Labute approximate surface area is 106 Å². The van der Waals surface area contributed by atoms with E-state index in [0.717, 1.165) is 22.3 Å². The average molecular weight is 246 g/mol. The van der Waals surface area contributed by atoms with Crippen LogP contribution in [0.1, 0.15) is 18.2 Å². The highest BCUT2D eigenvalue weighted by Gasteiger charge is 2.14. The number of hydrogen-bond donors (Lipinski definition) is 2. The zero-order valence-corrected chi connectivity index (χ0v) is 10.9. The predicted octanol–water partition coefficient (Wildman–Crippen LogP) is 1.97. The lowest BCUT2D eigenvalue weighted by atomic mass is 10.1. The van der Waals surface area contributed by atoms with Crippen LogP contribution in [0, 0.1) is 6.92 Å². The Bertz CT molecular complexity index is 560. The lowest BCUT2D eigenvalue weighted by Crippen LogP contribution is -2.40. The van der Waals surface area contributed by atoms with E-state index < -0.39 is 0 Å². The molecule has 0 aliphatic heterocycles. The predicted molar refractivity (Wildman–Crippen MR) is 71.3 cm³/mol. The number of aryl methyl sites for hydroxylation is 1. The Morgan fingerprint density at radius 1 is 1.39 bits per heavy atom. The number of nitrogens with one attached hydrogen (secondary N) is 2. The zero-order chi connectivity index (χ0) is 13.1. The number of rotatable bonds is 4. The summed E-state index contributed by atoms with van der Waals surface area (Å²) in [7, 11) is 1.64. The van der Waals surface area contributed by atoms with Crippen LogP contribution in [0.25, 0.3) is 11.0 Å². The van der Waals surface area contributed by atoms with Gasteiger partial charge in [-0.15, -0.1) is 0 Å². The fourth-order valence-electron chi connectivity index (χ4n) is 2.01. The largest absolute Gasteiger partial charge is 0.461 e. The third kappa shape index (κ3) is 2.38. The molecular weight excluding hydrogens is 228 g/mol. The summed E-state index contributed by atoms with van der Waals surface area (Å²) in [6.45, 7) is 4.41. The number of benzene rings is 1. The molecule has 1 aromatic carbocycles. The first kappa shape index (κ1) is 12.6. The van der Waals surface area contributed by atoms with Crippen molar-refractivity contribution in [3.63, 3.8) is 0 Å². The van der Waals surface area contributed by atoms with Gasteiger partial charge in [-0.25, -0.2) is 0 Å². The summed E-state index contributed by atoms with van der Waals surface area (Å²) in [6.07, 6.45) is 0. The van der Waals surface area contributed by atoms with Crippen LogP contribution >= 0.6 is 0 Å². The summed E-state index contributed by atoms with van der Waals surface area (Å²) in [5.74, 6) is 0.883. The van der Waals surface area contributed by atoms with Crippen LogP contribution in [0.4, 0.5) is 0 Å². The Morgan fingerprint density at radius 2 is 2.11 bits per heavy atom. The highest BCUT2D eigenvalue weighted by molar-refractivity contribution is 5.83. The van der Waals surface area contributed by atoms with E-state index in [1.54, 1.807) is 7.05 Å². The molecule has 1 heterocycles. The Morgan fingerprint density at radius 3 is 2.83 bits per heavy atom. The second kappa shape index (κ2) is 5.23. The van der Waals surface area contributed by atoms with E-state index in [1.807, 2.05) is 38.1 Å². The standard InChI is InChI=1S/C14H18N2O2/c1-9(14(17)15-3)16-8-12-10(2)18-13-7-5-4-6-11(12)13/h4-7,9,16H,8H2,1-3H3,(H,15,17). The number of hydrogen-bond acceptors (Lipinski definition) is 3. The number of para-hydroxylation sites is 1. The molecule has 96 valence electrons. The molecule has 4 heteroatoms. The van der Waals surface area contributed by atoms with E-state index in [4.69, 9.17) is 4.42 Å². The molecule has 1 aromatic heterocycles. The molecule has 1 unspecified atom stereocenters. The maximum Gasteiger partial charge on any atom is 0.236 e. The van der Waals surface area contributed by atoms with Crippen molar-refractivity contribution in [2.45, 2.75) is 26.4 Å². The minimum atomic E-state index is -0.219. The van der Waals surface area contributed by atoms with E-state index in [-0.39, 0.29) is 11.9 Å². The first-order valence-corrected chi connectivity index (χ1v) is 6.05. The number of likely N-dealkylation sites (N-methyl/N-ethyl adjacent to an activating group) is 1. The van der Waals surface area contributed by atoms with E-state index in [9.17, 15) is 4.79 Å². The average Bonchev–Trinajstić information content (AvgIpc) is 2.70. The van der Waals surface area contributed by atoms with Crippen molar-refractivity contribution >= 4 is 16.9 Å². The van der Waals surface area contributed by atoms with Crippen LogP contribution in [-0.4, -0.2) is 19.0 Å². The highest BCUT2D eigenvalue weighted by atomic mass is 16.3. The highest BCUT2D eigenvalue weighted by Crippen LogP contribution is 2.24. The summed E-state index contributed by atoms with van der Waals surface area (Å²) in [5.41, 5.74) is 2.00. The van der Waals surface area contributed by atoms with Crippen molar-refractivity contribution in [1.29, 1.82) is 0 Å². The molecule has 0 bridgehead atoms. The van der Waals surface area contributed by atoms with E-state index in [1.165, 1.54) is 0 Å². The van der Waals surface area contributed by atoms with Gasteiger partial charge in [0.25, 0.3) is 0 Å². The summed E-state index contributed by atoms with van der Waals surface area (Å²) in [6, 6.07) is 7.71. The van der Waals surface area contributed by atoms with Gasteiger partial charge in [-0.2, -0.15) is 0 Å². The molecule has 0 spiro atoms. The lowest BCUT2D eigenvalue weighted by molar-refractivity contribution is -0.122. The SMILES string of the molecule is CNC(=O)C(C)NCc1c(C)oc2ccccc12. The minimum absolute atomic E-state index is 0.0135. The first-order valence-electron chi connectivity index (χ1n) is 6.05. The molecule has 0 saturated carbocycles. The number of fused-ring (bicyclic) bond motifs is 1. The molecule has 0 fully saturated rings. The fraction of sp³-hybridized carbons (Fsp3) is 0.357. The quantitative estimate of drug-likeness (QED) is 0.867. The Balaban J connectivity index is 2.17. The number of carbonyl (C=O) groups excluding carboxylic acids is 1. The van der Waals surface area contributed by atoms with Gasteiger partial charge in [0.05, 0.1) is 6.04 Å². The smallest absolute Gasteiger partial charge is 0.236 e. The summed E-state index contributed by atoms with van der Waals surface area (Å²) in [4.78, 5) is 11.4. The Hall–Kier alpha value is -1.81. The van der Waals surface area contributed by atoms with Crippen LogP contribution in [-0.2, 0) is 11.3 Å². The van der Waals surface area contributed by atoms with Gasteiger partial charge >= 0.3 is 0 Å². The summed E-state index contributed by atoms with van der Waals surface area (Å²) >= 11 is 0. The maximum atomic E-state index is 11.4. The molecule has 4 nitrogen and oxygen atoms in total. The topological polar surface area (TPSA) is 54.3 Å². The first-order chi connectivity index (χ1) is 8.63. The van der Waals surface area contributed by atoms with Crippen molar-refractivity contribution in [2.75, 3.05) is 7.05 Å². The van der Waals surface area contributed by atoms with Gasteiger partial charge in [-0.3, -0.25) is 4.79 Å². The van der Waals surface area contributed by atoms with Gasteiger partial charge in [-0.1, -0.05) is 18.2 Å². The number of amides is 1. The van der Waals surface area contributed by atoms with Gasteiger partial charge in [-0.05, 0) is 19.9 Å². The van der Waals surface area contributed by atoms with Gasteiger partial charge in [0.1, 0.15) is 11.3 Å². The molecule has 0 saturated heterocycles. The molecular formula is C14H18N2O2. The molecule has 2 rings (SSSR count). The van der Waals surface area contributed by atoms with E-state index in [2.05, 4.69) is 10.6 Å². The van der Waals surface area contributed by atoms with Gasteiger partial charge in [0, 0.05) is 24.5 Å².